The number of carbonyl (C=O) groups excluding carboxylic acids is 2. The van der Waals surface area contributed by atoms with Crippen LogP contribution in [0.3, 0.4) is 0 Å². The Hall–Kier alpha value is -1.06. The lowest BCUT2D eigenvalue weighted by atomic mass is 10.1. The zero-order valence-corrected chi connectivity index (χ0v) is 13.4. The molecule has 0 aliphatic rings. The second kappa shape index (κ2) is 11.7. The second-order valence-corrected chi connectivity index (χ2v) is 5.73. The highest BCUT2D eigenvalue weighted by molar-refractivity contribution is 5.70. The Kier molecular flexibility index (Phi) is 11.1. The summed E-state index contributed by atoms with van der Waals surface area (Å²) >= 11 is 0. The molecule has 4 heteroatoms. The standard InChI is InChI=1S/C16H30O4/c1-5-9-14(4)20-16(18)11-8-6-7-10-15(17)19-12-13(2)3/h13-14H,5-12H2,1-4H3. The maximum Gasteiger partial charge on any atom is 0.306 e. The first-order valence-electron chi connectivity index (χ1n) is 7.80. The van der Waals surface area contributed by atoms with Gasteiger partial charge in [-0.15, -0.1) is 0 Å². The zero-order valence-electron chi connectivity index (χ0n) is 13.4. The molecule has 0 aliphatic carbocycles. The molecular weight excluding hydrogens is 256 g/mol. The first-order valence-corrected chi connectivity index (χ1v) is 7.80. The molecule has 0 radical (unpaired) electrons. The van der Waals surface area contributed by atoms with Crippen LogP contribution in [0, 0.1) is 5.92 Å². The van der Waals surface area contributed by atoms with Gasteiger partial charge >= 0.3 is 11.9 Å². The van der Waals surface area contributed by atoms with Crippen molar-refractivity contribution >= 4 is 11.9 Å². The molecular formula is C16H30O4. The van der Waals surface area contributed by atoms with Crippen molar-refractivity contribution in [2.24, 2.45) is 5.92 Å². The van der Waals surface area contributed by atoms with Crippen LogP contribution in [-0.4, -0.2) is 24.6 Å². The largest absolute Gasteiger partial charge is 0.465 e. The Morgan fingerprint density at radius 3 is 2.10 bits per heavy atom. The fraction of sp³-hybridized carbons (Fsp3) is 0.875. The Morgan fingerprint density at radius 2 is 1.55 bits per heavy atom. The van der Waals surface area contributed by atoms with Crippen LogP contribution in [0.15, 0.2) is 0 Å². The summed E-state index contributed by atoms with van der Waals surface area (Å²) in [7, 11) is 0. The Bertz CT molecular complexity index is 274. The van der Waals surface area contributed by atoms with E-state index in [2.05, 4.69) is 6.92 Å². The van der Waals surface area contributed by atoms with Crippen molar-refractivity contribution in [3.63, 3.8) is 0 Å². The summed E-state index contributed by atoms with van der Waals surface area (Å²) in [5.74, 6) is 0.102. The van der Waals surface area contributed by atoms with Gasteiger partial charge in [-0.05, 0) is 32.1 Å². The first-order chi connectivity index (χ1) is 9.45. The van der Waals surface area contributed by atoms with Gasteiger partial charge < -0.3 is 9.47 Å². The Labute approximate surface area is 123 Å². The molecule has 0 N–H and O–H groups in total. The molecule has 0 spiro atoms. The Morgan fingerprint density at radius 1 is 0.950 bits per heavy atom. The molecule has 0 saturated carbocycles. The van der Waals surface area contributed by atoms with Crippen LogP contribution in [-0.2, 0) is 19.1 Å². The lowest BCUT2D eigenvalue weighted by Crippen LogP contribution is -2.14. The molecule has 1 unspecified atom stereocenters. The minimum absolute atomic E-state index is 0.0125. The SMILES string of the molecule is CCCC(C)OC(=O)CCCCCC(=O)OCC(C)C. The van der Waals surface area contributed by atoms with Crippen molar-refractivity contribution < 1.29 is 19.1 Å². The van der Waals surface area contributed by atoms with Gasteiger partial charge in [0.25, 0.3) is 0 Å². The van der Waals surface area contributed by atoms with E-state index < -0.39 is 0 Å². The van der Waals surface area contributed by atoms with Crippen LogP contribution in [0.1, 0.15) is 72.6 Å². The minimum Gasteiger partial charge on any atom is -0.465 e. The average Bonchev–Trinajstić information content (AvgIpc) is 2.36. The molecule has 20 heavy (non-hydrogen) atoms. The molecule has 0 aromatic carbocycles. The molecule has 0 rings (SSSR count). The zero-order chi connectivity index (χ0) is 15.4. The van der Waals surface area contributed by atoms with Gasteiger partial charge in [-0.3, -0.25) is 9.59 Å². The maximum absolute atomic E-state index is 11.5. The van der Waals surface area contributed by atoms with Crippen LogP contribution in [0.2, 0.25) is 0 Å². The molecule has 4 nitrogen and oxygen atoms in total. The monoisotopic (exact) mass is 286 g/mol. The van der Waals surface area contributed by atoms with E-state index in [1.54, 1.807) is 0 Å². The highest BCUT2D eigenvalue weighted by Gasteiger charge is 2.09. The van der Waals surface area contributed by atoms with Crippen molar-refractivity contribution in [2.45, 2.75) is 78.7 Å². The molecule has 0 aromatic heterocycles. The van der Waals surface area contributed by atoms with Crippen LogP contribution < -0.4 is 0 Å². The molecule has 0 aliphatic heterocycles. The van der Waals surface area contributed by atoms with Gasteiger partial charge in [0.05, 0.1) is 12.7 Å². The summed E-state index contributed by atoms with van der Waals surface area (Å²) in [4.78, 5) is 22.8. The number of hydrogen-bond acceptors (Lipinski definition) is 4. The van der Waals surface area contributed by atoms with Gasteiger partial charge in [0.15, 0.2) is 0 Å². The fourth-order valence-electron chi connectivity index (χ4n) is 1.80. The Balaban J connectivity index is 3.47. The smallest absolute Gasteiger partial charge is 0.306 e. The number of rotatable bonds is 11. The van der Waals surface area contributed by atoms with E-state index in [9.17, 15) is 9.59 Å². The minimum atomic E-state index is -0.141. The van der Waals surface area contributed by atoms with Gasteiger partial charge in [-0.2, -0.15) is 0 Å². The lowest BCUT2D eigenvalue weighted by Gasteiger charge is -2.11. The van der Waals surface area contributed by atoms with E-state index in [1.807, 2.05) is 20.8 Å². The summed E-state index contributed by atoms with van der Waals surface area (Å²) in [6.45, 7) is 8.51. The van der Waals surface area contributed by atoms with E-state index >= 15 is 0 Å². The number of esters is 2. The van der Waals surface area contributed by atoms with Crippen molar-refractivity contribution in [2.75, 3.05) is 6.61 Å². The van der Waals surface area contributed by atoms with E-state index in [0.717, 1.165) is 32.1 Å². The number of carbonyl (C=O) groups is 2. The predicted octanol–water partition coefficient (Wildman–Crippen LogP) is 3.87. The van der Waals surface area contributed by atoms with E-state index in [-0.39, 0.29) is 18.0 Å². The molecule has 1 atom stereocenters. The quantitative estimate of drug-likeness (QED) is 0.427. The van der Waals surface area contributed by atoms with E-state index in [4.69, 9.17) is 9.47 Å². The normalized spacial score (nSPS) is 12.2. The van der Waals surface area contributed by atoms with Crippen LogP contribution in [0.4, 0.5) is 0 Å². The van der Waals surface area contributed by atoms with Crippen LogP contribution in [0.25, 0.3) is 0 Å². The summed E-state index contributed by atoms with van der Waals surface area (Å²) in [5.41, 5.74) is 0. The van der Waals surface area contributed by atoms with Crippen molar-refractivity contribution in [3.05, 3.63) is 0 Å². The van der Waals surface area contributed by atoms with Crippen molar-refractivity contribution in [1.82, 2.24) is 0 Å². The van der Waals surface area contributed by atoms with Gasteiger partial charge in [0.1, 0.15) is 0 Å². The second-order valence-electron chi connectivity index (χ2n) is 5.73. The van der Waals surface area contributed by atoms with E-state index in [1.165, 1.54) is 0 Å². The number of ether oxygens (including phenoxy) is 2. The third-order valence-electron chi connectivity index (χ3n) is 2.87. The fourth-order valence-corrected chi connectivity index (χ4v) is 1.80. The molecule has 0 bridgehead atoms. The predicted molar refractivity (Wildman–Crippen MR) is 79.3 cm³/mol. The van der Waals surface area contributed by atoms with Crippen LogP contribution >= 0.6 is 0 Å². The molecule has 0 heterocycles. The van der Waals surface area contributed by atoms with Crippen LogP contribution in [0.5, 0.6) is 0 Å². The summed E-state index contributed by atoms with van der Waals surface area (Å²) < 4.78 is 10.3. The summed E-state index contributed by atoms with van der Waals surface area (Å²) in [6, 6.07) is 0. The number of unbranched alkanes of at least 4 members (excludes halogenated alkanes) is 2. The van der Waals surface area contributed by atoms with E-state index in [0.29, 0.717) is 25.4 Å². The highest BCUT2D eigenvalue weighted by atomic mass is 16.5. The van der Waals surface area contributed by atoms with Crippen molar-refractivity contribution in [1.29, 1.82) is 0 Å². The number of hydrogen-bond donors (Lipinski definition) is 0. The van der Waals surface area contributed by atoms with Crippen molar-refractivity contribution in [3.8, 4) is 0 Å². The third kappa shape index (κ3) is 12.0. The van der Waals surface area contributed by atoms with Gasteiger partial charge in [0.2, 0.25) is 0 Å². The first kappa shape index (κ1) is 18.9. The third-order valence-corrected chi connectivity index (χ3v) is 2.87. The van der Waals surface area contributed by atoms with Gasteiger partial charge in [-0.1, -0.05) is 33.6 Å². The average molecular weight is 286 g/mol. The molecule has 0 saturated heterocycles. The summed E-state index contributed by atoms with van der Waals surface area (Å²) in [5, 5.41) is 0. The highest BCUT2D eigenvalue weighted by Crippen LogP contribution is 2.08. The van der Waals surface area contributed by atoms with Gasteiger partial charge in [-0.25, -0.2) is 0 Å². The molecule has 0 fully saturated rings. The summed E-state index contributed by atoms with van der Waals surface area (Å²) in [6.07, 6.45) is 5.22. The molecule has 118 valence electrons. The molecule has 0 aromatic rings. The van der Waals surface area contributed by atoms with Gasteiger partial charge in [0, 0.05) is 12.8 Å². The topological polar surface area (TPSA) is 52.6 Å². The maximum atomic E-state index is 11.5. The lowest BCUT2D eigenvalue weighted by molar-refractivity contribution is -0.148. The molecule has 0 amide bonds.